The van der Waals surface area contributed by atoms with E-state index in [1.165, 1.54) is 10.6 Å². The number of carbonyl (C=O) groups is 2. The molecule has 1 aliphatic heterocycles. The van der Waals surface area contributed by atoms with Crippen molar-refractivity contribution in [2.45, 2.75) is 25.9 Å². The molecule has 2 heterocycles. The highest BCUT2D eigenvalue weighted by Crippen LogP contribution is 2.14. The van der Waals surface area contributed by atoms with Crippen LogP contribution in [0.25, 0.3) is 5.69 Å². The van der Waals surface area contributed by atoms with E-state index >= 15 is 0 Å². The number of nitrogens with two attached hydrogens (primary N) is 1. The number of carbonyl (C=O) groups excluding carboxylic acids is 2. The fraction of sp³-hybridized carbons (Fsp3) is 0.350. The molecule has 0 radical (unpaired) electrons. The molecule has 0 aliphatic carbocycles. The lowest BCUT2D eigenvalue weighted by Gasteiger charge is -2.19. The summed E-state index contributed by atoms with van der Waals surface area (Å²) in [6.45, 7) is 4.55. The number of nitrogens with one attached hydrogen (secondary N) is 1. The van der Waals surface area contributed by atoms with E-state index in [0.717, 1.165) is 0 Å². The van der Waals surface area contributed by atoms with Gasteiger partial charge in [-0.3, -0.25) is 19.0 Å². The van der Waals surface area contributed by atoms with Crippen molar-refractivity contribution in [2.75, 3.05) is 13.1 Å². The summed E-state index contributed by atoms with van der Waals surface area (Å²) in [6, 6.07) is 11.1. The molecule has 142 valence electrons. The van der Waals surface area contributed by atoms with Crippen molar-refractivity contribution in [3.05, 3.63) is 64.6 Å². The molecule has 7 nitrogen and oxygen atoms in total. The Bertz CT molecular complexity index is 889. The molecule has 0 spiro atoms. The van der Waals surface area contributed by atoms with Gasteiger partial charge in [0.2, 0.25) is 5.91 Å². The number of hydrogen-bond donors (Lipinski definition) is 2. The minimum atomic E-state index is -0.293. The smallest absolute Gasteiger partial charge is 0.255 e. The first-order chi connectivity index (χ1) is 12.9. The molecule has 27 heavy (non-hydrogen) atoms. The number of benzene rings is 1. The zero-order chi connectivity index (χ0) is 19.6. The summed E-state index contributed by atoms with van der Waals surface area (Å²) >= 11 is 0. The molecule has 2 amide bonds. The van der Waals surface area contributed by atoms with E-state index in [-0.39, 0.29) is 35.4 Å². The Labute approximate surface area is 157 Å². The van der Waals surface area contributed by atoms with Gasteiger partial charge in [0.05, 0.1) is 6.04 Å². The fourth-order valence-corrected chi connectivity index (χ4v) is 3.19. The van der Waals surface area contributed by atoms with Crippen LogP contribution >= 0.6 is 0 Å². The molecule has 1 aromatic carbocycles. The Kier molecular flexibility index (Phi) is 5.41. The van der Waals surface area contributed by atoms with Gasteiger partial charge in [-0.05, 0) is 30.3 Å². The third kappa shape index (κ3) is 4.09. The van der Waals surface area contributed by atoms with Crippen LogP contribution in [-0.4, -0.2) is 46.5 Å². The van der Waals surface area contributed by atoms with Gasteiger partial charge in [0.25, 0.3) is 11.5 Å². The van der Waals surface area contributed by atoms with Crippen LogP contribution < -0.4 is 16.6 Å². The number of aromatic nitrogens is 1. The standard InChI is InChI=1S/C20H24N4O3/c1-13(2)20(27)23-11-16(21)17(12-23)22-19(26)14-6-8-15(9-7-14)24-10-4-3-5-18(24)25/h3-10,13,16-17H,11-12,21H2,1-2H3,(H,22,26). The number of amides is 2. The first-order valence-corrected chi connectivity index (χ1v) is 9.00. The Morgan fingerprint density at radius 2 is 1.81 bits per heavy atom. The average molecular weight is 368 g/mol. The Hall–Kier alpha value is -2.93. The highest BCUT2D eigenvalue weighted by Gasteiger charge is 2.34. The number of pyridine rings is 1. The summed E-state index contributed by atoms with van der Waals surface area (Å²) in [4.78, 5) is 38.2. The summed E-state index contributed by atoms with van der Waals surface area (Å²) in [5.41, 5.74) is 7.13. The Balaban J connectivity index is 1.67. The minimum Gasteiger partial charge on any atom is -0.346 e. The van der Waals surface area contributed by atoms with Gasteiger partial charge in [-0.1, -0.05) is 19.9 Å². The van der Waals surface area contributed by atoms with Gasteiger partial charge in [0, 0.05) is 48.6 Å². The molecule has 2 atom stereocenters. The third-order valence-corrected chi connectivity index (χ3v) is 4.72. The molecule has 0 bridgehead atoms. The van der Waals surface area contributed by atoms with Gasteiger partial charge < -0.3 is 16.0 Å². The first kappa shape index (κ1) is 18.8. The molecule has 7 heteroatoms. The normalized spacial score (nSPS) is 19.3. The van der Waals surface area contributed by atoms with E-state index in [0.29, 0.717) is 24.3 Å². The molecular formula is C20H24N4O3. The number of nitrogens with zero attached hydrogens (tertiary/aromatic N) is 2. The maximum absolute atomic E-state index is 12.5. The predicted octanol–water partition coefficient (Wildman–Crippen LogP) is 0.761. The molecular weight excluding hydrogens is 344 g/mol. The number of rotatable bonds is 4. The third-order valence-electron chi connectivity index (χ3n) is 4.72. The monoisotopic (exact) mass is 368 g/mol. The van der Waals surface area contributed by atoms with Crippen molar-refractivity contribution in [2.24, 2.45) is 11.7 Å². The molecule has 0 saturated carbocycles. The number of likely N-dealkylation sites (tertiary alicyclic amines) is 1. The molecule has 3 N–H and O–H groups in total. The van der Waals surface area contributed by atoms with E-state index in [4.69, 9.17) is 5.73 Å². The van der Waals surface area contributed by atoms with E-state index in [9.17, 15) is 14.4 Å². The summed E-state index contributed by atoms with van der Waals surface area (Å²) in [5.74, 6) is -0.304. The van der Waals surface area contributed by atoms with Gasteiger partial charge in [-0.2, -0.15) is 0 Å². The van der Waals surface area contributed by atoms with Crippen molar-refractivity contribution in [3.63, 3.8) is 0 Å². The lowest BCUT2D eigenvalue weighted by Crippen LogP contribution is -2.46. The fourth-order valence-electron chi connectivity index (χ4n) is 3.19. The van der Waals surface area contributed by atoms with Gasteiger partial charge >= 0.3 is 0 Å². The highest BCUT2D eigenvalue weighted by molar-refractivity contribution is 5.94. The SMILES string of the molecule is CC(C)C(=O)N1CC(N)C(NC(=O)c2ccc(-n3ccccc3=O)cc2)C1. The van der Waals surface area contributed by atoms with Crippen molar-refractivity contribution < 1.29 is 9.59 Å². The van der Waals surface area contributed by atoms with Crippen molar-refractivity contribution in [1.82, 2.24) is 14.8 Å². The molecule has 1 fully saturated rings. The molecule has 3 rings (SSSR count). The molecule has 1 aromatic heterocycles. The van der Waals surface area contributed by atoms with Crippen LogP contribution in [0.1, 0.15) is 24.2 Å². The van der Waals surface area contributed by atoms with Crippen LogP contribution in [0.4, 0.5) is 0 Å². The van der Waals surface area contributed by atoms with E-state index in [1.807, 2.05) is 13.8 Å². The van der Waals surface area contributed by atoms with Gasteiger partial charge in [-0.15, -0.1) is 0 Å². The average Bonchev–Trinajstić information content (AvgIpc) is 3.02. The minimum absolute atomic E-state index is 0.0415. The van der Waals surface area contributed by atoms with E-state index in [1.54, 1.807) is 47.5 Å². The second-order valence-electron chi connectivity index (χ2n) is 7.10. The van der Waals surface area contributed by atoms with Crippen LogP contribution in [0.2, 0.25) is 0 Å². The lowest BCUT2D eigenvalue weighted by molar-refractivity contribution is -0.133. The van der Waals surface area contributed by atoms with Crippen LogP contribution in [0.5, 0.6) is 0 Å². The largest absolute Gasteiger partial charge is 0.346 e. The summed E-state index contributed by atoms with van der Waals surface area (Å²) in [6.07, 6.45) is 1.68. The topological polar surface area (TPSA) is 97.4 Å². The second kappa shape index (κ2) is 7.75. The quantitative estimate of drug-likeness (QED) is 0.833. The van der Waals surface area contributed by atoms with Gasteiger partial charge in [-0.25, -0.2) is 0 Å². The second-order valence-corrected chi connectivity index (χ2v) is 7.10. The van der Waals surface area contributed by atoms with Crippen molar-refractivity contribution >= 4 is 11.8 Å². The summed E-state index contributed by atoms with van der Waals surface area (Å²) in [7, 11) is 0. The maximum atomic E-state index is 12.5. The van der Waals surface area contributed by atoms with E-state index in [2.05, 4.69) is 5.32 Å². The van der Waals surface area contributed by atoms with Crippen LogP contribution in [0, 0.1) is 5.92 Å². The molecule has 2 unspecified atom stereocenters. The van der Waals surface area contributed by atoms with Gasteiger partial charge in [0.15, 0.2) is 0 Å². The maximum Gasteiger partial charge on any atom is 0.255 e. The molecule has 2 aromatic rings. The van der Waals surface area contributed by atoms with Crippen LogP contribution in [0.3, 0.4) is 0 Å². The lowest BCUT2D eigenvalue weighted by atomic mass is 10.1. The summed E-state index contributed by atoms with van der Waals surface area (Å²) < 4.78 is 1.50. The Morgan fingerprint density at radius 1 is 1.11 bits per heavy atom. The van der Waals surface area contributed by atoms with E-state index < -0.39 is 0 Å². The highest BCUT2D eigenvalue weighted by atomic mass is 16.2. The van der Waals surface area contributed by atoms with Crippen LogP contribution in [0.15, 0.2) is 53.5 Å². The predicted molar refractivity (Wildman–Crippen MR) is 103 cm³/mol. The molecule has 1 aliphatic rings. The number of hydrogen-bond acceptors (Lipinski definition) is 4. The zero-order valence-electron chi connectivity index (χ0n) is 15.5. The Morgan fingerprint density at radius 3 is 2.44 bits per heavy atom. The van der Waals surface area contributed by atoms with Crippen molar-refractivity contribution in [1.29, 1.82) is 0 Å². The summed E-state index contributed by atoms with van der Waals surface area (Å²) in [5, 5.41) is 2.91. The van der Waals surface area contributed by atoms with Crippen LogP contribution in [-0.2, 0) is 4.79 Å². The van der Waals surface area contributed by atoms with Gasteiger partial charge in [0.1, 0.15) is 0 Å². The molecule has 1 saturated heterocycles. The first-order valence-electron chi connectivity index (χ1n) is 9.00. The van der Waals surface area contributed by atoms with Crippen molar-refractivity contribution in [3.8, 4) is 5.69 Å². The zero-order valence-corrected chi connectivity index (χ0v) is 15.5.